The molecule has 0 saturated carbocycles. The molecule has 0 spiro atoms. The number of non-ortho nitro benzene ring substituents is 1. The monoisotopic (exact) mass is 385 g/mol. The molecule has 0 bridgehead atoms. The van der Waals surface area contributed by atoms with Crippen LogP contribution in [-0.4, -0.2) is 22.4 Å². The molecule has 9 nitrogen and oxygen atoms in total. The van der Waals surface area contributed by atoms with Crippen LogP contribution in [0, 0.1) is 20.2 Å². The lowest BCUT2D eigenvalue weighted by molar-refractivity contribution is -0.385. The van der Waals surface area contributed by atoms with Gasteiger partial charge in [0.05, 0.1) is 14.9 Å². The van der Waals surface area contributed by atoms with Crippen molar-refractivity contribution in [3.8, 4) is 5.75 Å². The molecule has 0 atom stereocenters. The van der Waals surface area contributed by atoms with E-state index in [0.29, 0.717) is 0 Å². The zero-order valence-electron chi connectivity index (χ0n) is 12.3. The van der Waals surface area contributed by atoms with Gasteiger partial charge in [0.2, 0.25) is 0 Å². The Balaban J connectivity index is 2.01. The molecule has 2 aromatic carbocycles. The van der Waals surface area contributed by atoms with Gasteiger partial charge >= 0.3 is 0 Å². The van der Waals surface area contributed by atoms with Gasteiger partial charge in [0.25, 0.3) is 17.3 Å². The number of carbonyl (C=O) groups is 1. The van der Waals surface area contributed by atoms with Crippen molar-refractivity contribution >= 4 is 46.2 Å². The summed E-state index contributed by atoms with van der Waals surface area (Å²) in [5, 5.41) is 23.7. The van der Waals surface area contributed by atoms with Crippen LogP contribution in [0.3, 0.4) is 0 Å². The van der Waals surface area contributed by atoms with Gasteiger partial charge in [-0.25, -0.2) is 0 Å². The van der Waals surface area contributed by atoms with Crippen molar-refractivity contribution in [2.75, 3.05) is 11.9 Å². The van der Waals surface area contributed by atoms with Crippen LogP contribution in [-0.2, 0) is 4.79 Å². The summed E-state index contributed by atoms with van der Waals surface area (Å²) in [6.07, 6.45) is 0. The number of ether oxygens (including phenoxy) is 1. The first-order valence-corrected chi connectivity index (χ1v) is 7.34. The molecular weight excluding hydrogens is 377 g/mol. The number of nitrogens with zero attached hydrogens (tertiary/aromatic N) is 2. The third-order valence-electron chi connectivity index (χ3n) is 2.91. The number of nitro groups is 2. The van der Waals surface area contributed by atoms with Crippen LogP contribution in [0.25, 0.3) is 0 Å². The van der Waals surface area contributed by atoms with Crippen molar-refractivity contribution in [2.45, 2.75) is 0 Å². The molecule has 0 fully saturated rings. The second kappa shape index (κ2) is 7.77. The smallest absolute Gasteiger partial charge is 0.289 e. The molecule has 0 aliphatic carbocycles. The van der Waals surface area contributed by atoms with Crippen LogP contribution in [0.5, 0.6) is 5.75 Å². The molecule has 0 unspecified atom stereocenters. The molecule has 0 saturated heterocycles. The summed E-state index contributed by atoms with van der Waals surface area (Å²) in [6.45, 7) is -0.450. The number of nitro benzene ring substituents is 2. The van der Waals surface area contributed by atoms with E-state index >= 15 is 0 Å². The van der Waals surface area contributed by atoms with Crippen molar-refractivity contribution in [1.82, 2.24) is 0 Å². The van der Waals surface area contributed by atoms with Crippen molar-refractivity contribution in [3.63, 3.8) is 0 Å². The molecule has 0 aliphatic rings. The molecule has 2 rings (SSSR count). The molecule has 11 heteroatoms. The summed E-state index contributed by atoms with van der Waals surface area (Å²) in [5.74, 6) is -0.518. The lowest BCUT2D eigenvalue weighted by Gasteiger charge is -2.09. The summed E-state index contributed by atoms with van der Waals surface area (Å²) in [5.41, 5.74) is -0.395. The van der Waals surface area contributed by atoms with Crippen LogP contribution in [0.1, 0.15) is 0 Å². The van der Waals surface area contributed by atoms with Crippen molar-refractivity contribution in [1.29, 1.82) is 0 Å². The fourth-order valence-electron chi connectivity index (χ4n) is 1.79. The van der Waals surface area contributed by atoms with Crippen LogP contribution in [0.2, 0.25) is 10.0 Å². The molecule has 0 aromatic heterocycles. The quantitative estimate of drug-likeness (QED) is 0.594. The number of hydrogen-bond donors (Lipinski definition) is 1. The maximum atomic E-state index is 11.8. The van der Waals surface area contributed by atoms with Gasteiger partial charge in [-0.1, -0.05) is 23.2 Å². The van der Waals surface area contributed by atoms with E-state index < -0.39 is 22.4 Å². The second-order valence-corrected chi connectivity index (χ2v) is 5.45. The highest BCUT2D eigenvalue weighted by molar-refractivity contribution is 6.33. The molecular formula is C14H9Cl2N3O6. The van der Waals surface area contributed by atoms with Crippen LogP contribution in [0.15, 0.2) is 36.4 Å². The molecule has 0 radical (unpaired) electrons. The van der Waals surface area contributed by atoms with Gasteiger partial charge in [0.1, 0.15) is 10.8 Å². The summed E-state index contributed by atoms with van der Waals surface area (Å²) in [6, 6.07) is 7.33. The summed E-state index contributed by atoms with van der Waals surface area (Å²) in [7, 11) is 0. The molecule has 130 valence electrons. The normalized spacial score (nSPS) is 10.2. The number of benzene rings is 2. The zero-order chi connectivity index (χ0) is 18.6. The Kier molecular flexibility index (Phi) is 5.73. The van der Waals surface area contributed by atoms with Gasteiger partial charge in [0, 0.05) is 23.9 Å². The Bertz CT molecular complexity index is 858. The third kappa shape index (κ3) is 4.78. The standard InChI is InChI=1S/C14H9Cl2N3O6/c15-10-3-1-8(5-12(10)19(23)24)17-14(20)7-25-13-4-2-9(18(21)22)6-11(13)16/h1-6H,7H2,(H,17,20). The highest BCUT2D eigenvalue weighted by Crippen LogP contribution is 2.29. The fraction of sp³-hybridized carbons (Fsp3) is 0.0714. The maximum Gasteiger partial charge on any atom is 0.289 e. The number of amides is 1. The molecule has 0 aliphatic heterocycles. The minimum Gasteiger partial charge on any atom is -0.482 e. The number of anilines is 1. The van der Waals surface area contributed by atoms with Gasteiger partial charge in [-0.2, -0.15) is 0 Å². The van der Waals surface area contributed by atoms with E-state index in [2.05, 4.69) is 5.32 Å². The highest BCUT2D eigenvalue weighted by atomic mass is 35.5. The van der Waals surface area contributed by atoms with Crippen LogP contribution in [0.4, 0.5) is 17.1 Å². The SMILES string of the molecule is O=C(COc1ccc([N+](=O)[O-])cc1Cl)Nc1ccc(Cl)c([N+](=O)[O-])c1. The molecule has 25 heavy (non-hydrogen) atoms. The van der Waals surface area contributed by atoms with Crippen LogP contribution < -0.4 is 10.1 Å². The number of halogens is 2. The van der Waals surface area contributed by atoms with Crippen molar-refractivity contribution in [3.05, 3.63) is 66.7 Å². The Labute approximate surface area is 150 Å². The minimum atomic E-state index is -0.675. The Morgan fingerprint density at radius 2 is 1.76 bits per heavy atom. The summed E-state index contributed by atoms with van der Waals surface area (Å²) < 4.78 is 5.18. The van der Waals surface area contributed by atoms with E-state index in [0.717, 1.165) is 12.1 Å². The topological polar surface area (TPSA) is 125 Å². The Hall–Kier alpha value is -2.91. The highest BCUT2D eigenvalue weighted by Gasteiger charge is 2.15. The van der Waals surface area contributed by atoms with E-state index in [4.69, 9.17) is 27.9 Å². The fourth-order valence-corrected chi connectivity index (χ4v) is 2.21. The predicted molar refractivity (Wildman–Crippen MR) is 90.3 cm³/mol. The van der Waals surface area contributed by atoms with Crippen molar-refractivity contribution < 1.29 is 19.4 Å². The van der Waals surface area contributed by atoms with Crippen molar-refractivity contribution in [2.24, 2.45) is 0 Å². The average Bonchev–Trinajstić information content (AvgIpc) is 2.55. The van der Waals surface area contributed by atoms with Crippen LogP contribution >= 0.6 is 23.2 Å². The van der Waals surface area contributed by atoms with E-state index in [9.17, 15) is 25.0 Å². The lowest BCUT2D eigenvalue weighted by Crippen LogP contribution is -2.20. The van der Waals surface area contributed by atoms with E-state index in [1.165, 1.54) is 24.3 Å². The zero-order valence-corrected chi connectivity index (χ0v) is 13.8. The van der Waals surface area contributed by atoms with E-state index in [1.54, 1.807) is 0 Å². The summed E-state index contributed by atoms with van der Waals surface area (Å²) >= 11 is 11.5. The number of hydrogen-bond acceptors (Lipinski definition) is 6. The molecule has 1 amide bonds. The average molecular weight is 386 g/mol. The second-order valence-electron chi connectivity index (χ2n) is 4.63. The lowest BCUT2D eigenvalue weighted by atomic mass is 10.3. The predicted octanol–water partition coefficient (Wildman–Crippen LogP) is 3.83. The molecule has 0 heterocycles. The third-order valence-corrected chi connectivity index (χ3v) is 3.53. The Morgan fingerprint density at radius 1 is 1.04 bits per heavy atom. The summed E-state index contributed by atoms with van der Waals surface area (Å²) in [4.78, 5) is 32.0. The van der Waals surface area contributed by atoms with Gasteiger partial charge in [-0.05, 0) is 18.2 Å². The first kappa shape index (κ1) is 18.4. The largest absolute Gasteiger partial charge is 0.482 e. The molecule has 1 N–H and O–H groups in total. The Morgan fingerprint density at radius 3 is 2.36 bits per heavy atom. The number of nitrogens with one attached hydrogen (secondary N) is 1. The molecule has 2 aromatic rings. The minimum absolute atomic E-state index is 0.0240. The number of rotatable bonds is 6. The van der Waals surface area contributed by atoms with E-state index in [1.807, 2.05) is 0 Å². The number of carbonyl (C=O) groups excluding carboxylic acids is 1. The first-order chi connectivity index (χ1) is 11.8. The van der Waals surface area contributed by atoms with E-state index in [-0.39, 0.29) is 32.9 Å². The first-order valence-electron chi connectivity index (χ1n) is 6.58. The van der Waals surface area contributed by atoms with Gasteiger partial charge in [0.15, 0.2) is 6.61 Å². The van der Waals surface area contributed by atoms with Gasteiger partial charge in [-0.15, -0.1) is 0 Å². The van der Waals surface area contributed by atoms with Gasteiger partial charge < -0.3 is 10.1 Å². The van der Waals surface area contributed by atoms with Gasteiger partial charge in [-0.3, -0.25) is 25.0 Å². The maximum absolute atomic E-state index is 11.8.